The molecule has 36 heavy (non-hydrogen) atoms. The van der Waals surface area contributed by atoms with Crippen LogP contribution in [0.5, 0.6) is 0 Å². The van der Waals surface area contributed by atoms with Gasteiger partial charge in [0.15, 0.2) is 5.78 Å². The van der Waals surface area contributed by atoms with Crippen molar-refractivity contribution in [3.8, 4) is 0 Å². The van der Waals surface area contributed by atoms with Gasteiger partial charge in [0.2, 0.25) is 0 Å². The number of hydrogen-bond donors (Lipinski definition) is 1. The van der Waals surface area contributed by atoms with E-state index in [-0.39, 0.29) is 40.4 Å². The van der Waals surface area contributed by atoms with Gasteiger partial charge in [0.25, 0.3) is 0 Å². The highest BCUT2D eigenvalue weighted by Crippen LogP contribution is 2.69. The van der Waals surface area contributed by atoms with E-state index < -0.39 is 17.1 Å². The van der Waals surface area contributed by atoms with Crippen LogP contribution in [-0.2, 0) is 19.1 Å². The van der Waals surface area contributed by atoms with Gasteiger partial charge < -0.3 is 14.6 Å². The highest BCUT2D eigenvalue weighted by atomic mass is 32.2. The van der Waals surface area contributed by atoms with Gasteiger partial charge in [0.05, 0.1) is 12.0 Å². The molecule has 0 unspecified atom stereocenters. The van der Waals surface area contributed by atoms with Crippen LogP contribution >= 0.6 is 11.8 Å². The molecule has 0 aromatic rings. The predicted molar refractivity (Wildman–Crippen MR) is 140 cm³/mol. The first kappa shape index (κ1) is 24.9. The molecule has 6 rings (SSSR count). The number of ether oxygens (including phenoxy) is 2. The Labute approximate surface area is 219 Å². The summed E-state index contributed by atoms with van der Waals surface area (Å²) in [6, 6.07) is 0. The van der Waals surface area contributed by atoms with Crippen LogP contribution in [0, 0.1) is 34.5 Å². The highest BCUT2D eigenvalue weighted by Gasteiger charge is 2.72. The Morgan fingerprint density at radius 3 is 2.72 bits per heavy atom. The molecule has 1 spiro atoms. The molecule has 6 heteroatoms. The molecular formula is C30H40O5S. The first-order valence-corrected chi connectivity index (χ1v) is 14.8. The monoisotopic (exact) mass is 512 g/mol. The summed E-state index contributed by atoms with van der Waals surface area (Å²) >= 11 is 1.90. The fourth-order valence-corrected chi connectivity index (χ4v) is 10.9. The maximum Gasteiger partial charge on any atom is 0.333 e. The minimum Gasteiger partial charge on any atom is -0.458 e. The number of carbonyl (C=O) groups excluding carboxylic acids is 2. The fraction of sp³-hybridized carbons (Fsp3) is 0.733. The Kier molecular flexibility index (Phi) is 5.76. The lowest BCUT2D eigenvalue weighted by Crippen LogP contribution is -2.75. The molecule has 196 valence electrons. The molecule has 0 radical (unpaired) electrons. The molecular weight excluding hydrogens is 472 g/mol. The van der Waals surface area contributed by atoms with Crippen molar-refractivity contribution >= 4 is 23.5 Å². The van der Waals surface area contributed by atoms with Gasteiger partial charge >= 0.3 is 5.97 Å². The number of thioether (sulfide) groups is 1. The number of hydrogen-bond acceptors (Lipinski definition) is 6. The number of ketones is 1. The number of allylic oxidation sites excluding steroid dienone is 2. The second-order valence-electron chi connectivity index (χ2n) is 12.7. The molecule has 10 atom stereocenters. The zero-order valence-electron chi connectivity index (χ0n) is 22.2. The van der Waals surface area contributed by atoms with Crippen LogP contribution < -0.4 is 0 Å². The minimum atomic E-state index is -0.823. The van der Waals surface area contributed by atoms with E-state index in [2.05, 4.69) is 33.8 Å². The number of aliphatic hydroxyl groups excluding tert-OH is 1. The van der Waals surface area contributed by atoms with Crippen LogP contribution in [0.3, 0.4) is 0 Å². The van der Waals surface area contributed by atoms with Crippen molar-refractivity contribution in [3.05, 3.63) is 34.9 Å². The second kappa shape index (κ2) is 8.31. The summed E-state index contributed by atoms with van der Waals surface area (Å²) in [7, 11) is 0. The van der Waals surface area contributed by atoms with E-state index in [4.69, 9.17) is 9.47 Å². The molecule has 0 aromatic carbocycles. The van der Waals surface area contributed by atoms with E-state index in [1.54, 1.807) is 12.2 Å². The normalized spacial score (nSPS) is 48.9. The number of cyclic esters (lactones) is 1. The van der Waals surface area contributed by atoms with Crippen molar-refractivity contribution in [1.29, 1.82) is 0 Å². The van der Waals surface area contributed by atoms with E-state index in [0.29, 0.717) is 18.4 Å². The van der Waals surface area contributed by atoms with Gasteiger partial charge in [-0.1, -0.05) is 31.1 Å². The summed E-state index contributed by atoms with van der Waals surface area (Å²) in [5, 5.41) is 11.4. The van der Waals surface area contributed by atoms with E-state index in [1.165, 1.54) is 5.57 Å². The maximum atomic E-state index is 13.7. The van der Waals surface area contributed by atoms with Crippen molar-refractivity contribution in [1.82, 2.24) is 0 Å². The third-order valence-electron chi connectivity index (χ3n) is 11.5. The Morgan fingerprint density at radius 1 is 1.19 bits per heavy atom. The summed E-state index contributed by atoms with van der Waals surface area (Å²) in [6.45, 7) is 11.3. The van der Waals surface area contributed by atoms with Crippen molar-refractivity contribution in [2.75, 3.05) is 12.4 Å². The molecule has 5 nitrogen and oxygen atoms in total. The van der Waals surface area contributed by atoms with E-state index >= 15 is 0 Å². The van der Waals surface area contributed by atoms with Gasteiger partial charge in [-0.2, -0.15) is 11.8 Å². The molecule has 6 aliphatic rings. The number of aliphatic hydroxyl groups is 1. The number of rotatable bonds is 2. The van der Waals surface area contributed by atoms with E-state index in [9.17, 15) is 14.7 Å². The number of esters is 1. The molecule has 1 saturated heterocycles. The minimum absolute atomic E-state index is 0.0415. The van der Waals surface area contributed by atoms with Crippen LogP contribution in [-0.4, -0.2) is 52.3 Å². The quantitative estimate of drug-likeness (QED) is 0.413. The second-order valence-corrected chi connectivity index (χ2v) is 14.0. The summed E-state index contributed by atoms with van der Waals surface area (Å²) in [6.07, 6.45) is 9.66. The molecule has 0 aromatic heterocycles. The Morgan fingerprint density at radius 2 is 1.97 bits per heavy atom. The van der Waals surface area contributed by atoms with E-state index in [0.717, 1.165) is 49.0 Å². The van der Waals surface area contributed by atoms with Crippen LogP contribution in [0.15, 0.2) is 34.9 Å². The lowest BCUT2D eigenvalue weighted by Gasteiger charge is -2.67. The Bertz CT molecular complexity index is 1090. The third kappa shape index (κ3) is 3.04. The zero-order chi connectivity index (χ0) is 25.6. The maximum absolute atomic E-state index is 13.7. The Balaban J connectivity index is 1.33. The van der Waals surface area contributed by atoms with Crippen molar-refractivity contribution in [2.24, 2.45) is 34.5 Å². The van der Waals surface area contributed by atoms with Gasteiger partial charge in [-0.05, 0) is 81.8 Å². The van der Waals surface area contributed by atoms with Gasteiger partial charge in [-0.3, -0.25) is 4.79 Å². The van der Waals surface area contributed by atoms with Crippen molar-refractivity contribution < 1.29 is 24.2 Å². The molecule has 4 aliphatic carbocycles. The topological polar surface area (TPSA) is 72.8 Å². The van der Waals surface area contributed by atoms with E-state index in [1.807, 2.05) is 18.7 Å². The van der Waals surface area contributed by atoms with Gasteiger partial charge in [0, 0.05) is 28.9 Å². The summed E-state index contributed by atoms with van der Waals surface area (Å²) in [5.74, 6) is 2.10. The SMILES string of the molecule is CC1=C(C)C(=O)O[C@@H]([C@@H](C)C2=CC[C@H]3[C@@H]4C[C@@H]5SCCO[C@]56[C@@H](O)C=CC(=O)[C@]6(C)[C@H]4CC[C@]23C)C1. The highest BCUT2D eigenvalue weighted by molar-refractivity contribution is 8.00. The lowest BCUT2D eigenvalue weighted by molar-refractivity contribution is -0.233. The summed E-state index contributed by atoms with van der Waals surface area (Å²) < 4.78 is 12.4. The molecule has 2 heterocycles. The predicted octanol–water partition coefficient (Wildman–Crippen LogP) is 5.03. The Hall–Kier alpha value is -1.37. The van der Waals surface area contributed by atoms with Crippen molar-refractivity contribution in [2.45, 2.75) is 89.8 Å². The first-order chi connectivity index (χ1) is 17.1. The van der Waals surface area contributed by atoms with Gasteiger partial charge in [-0.25, -0.2) is 4.79 Å². The third-order valence-corrected chi connectivity index (χ3v) is 12.8. The first-order valence-electron chi connectivity index (χ1n) is 13.8. The molecule has 3 fully saturated rings. The fourth-order valence-electron chi connectivity index (χ4n) is 9.35. The molecule has 0 bridgehead atoms. The summed E-state index contributed by atoms with van der Waals surface area (Å²) in [5.41, 5.74) is 1.84. The van der Waals surface area contributed by atoms with Crippen molar-refractivity contribution in [3.63, 3.8) is 0 Å². The van der Waals surface area contributed by atoms with Gasteiger partial charge in [-0.15, -0.1) is 0 Å². The van der Waals surface area contributed by atoms with Gasteiger partial charge in [0.1, 0.15) is 17.8 Å². The van der Waals surface area contributed by atoms with Crippen LogP contribution in [0.25, 0.3) is 0 Å². The average Bonchev–Trinajstić information content (AvgIpc) is 3.21. The average molecular weight is 513 g/mol. The molecule has 0 amide bonds. The zero-order valence-corrected chi connectivity index (χ0v) is 23.0. The van der Waals surface area contributed by atoms with Crippen LogP contribution in [0.2, 0.25) is 0 Å². The lowest BCUT2D eigenvalue weighted by atomic mass is 9.43. The van der Waals surface area contributed by atoms with Crippen LogP contribution in [0.1, 0.15) is 66.7 Å². The smallest absolute Gasteiger partial charge is 0.333 e. The largest absolute Gasteiger partial charge is 0.458 e. The summed E-state index contributed by atoms with van der Waals surface area (Å²) in [4.78, 5) is 26.2. The molecule has 1 N–H and O–H groups in total. The van der Waals surface area contributed by atoms with Crippen LogP contribution in [0.4, 0.5) is 0 Å². The number of carbonyl (C=O) groups is 2. The molecule has 2 saturated carbocycles. The number of fused-ring (bicyclic) bond motifs is 4. The standard InChI is InChI=1S/C30H40O5S/c1-16-14-23(35-27(33)17(16)2)18(3)20-6-7-21-19-15-26-30(34-12-13-36-26)25(32)9-8-24(31)29(30,5)22(19)10-11-28(20,21)4/h6,8-9,18-19,21-23,25-26,32H,7,10-15H2,1-5H3/t18-,19-,21-,22-,23+,25-,26-,28+,29-,30+/m0/s1. The molecule has 2 aliphatic heterocycles.